The van der Waals surface area contributed by atoms with Crippen molar-refractivity contribution in [2.75, 3.05) is 32.2 Å². The molecule has 0 aromatic heterocycles. The number of hydrogen-bond donors (Lipinski definition) is 1. The van der Waals surface area contributed by atoms with Crippen molar-refractivity contribution in [2.24, 2.45) is 0 Å². The second-order valence-electron chi connectivity index (χ2n) is 5.17. The molecule has 3 nitrogen and oxygen atoms in total. The third-order valence-corrected chi connectivity index (χ3v) is 4.72. The minimum absolute atomic E-state index is 0.358. The van der Waals surface area contributed by atoms with Gasteiger partial charge >= 0.3 is 0 Å². The molecule has 106 valence electrons. The molecule has 1 fully saturated rings. The molecule has 0 bridgehead atoms. The van der Waals surface area contributed by atoms with Crippen LogP contribution in [0.15, 0.2) is 22.7 Å². The highest BCUT2D eigenvalue weighted by atomic mass is 79.9. The Labute approximate surface area is 124 Å². The van der Waals surface area contributed by atoms with Gasteiger partial charge in [0.1, 0.15) is 0 Å². The van der Waals surface area contributed by atoms with E-state index < -0.39 is 0 Å². The van der Waals surface area contributed by atoms with E-state index in [9.17, 15) is 0 Å². The minimum Gasteiger partial charge on any atom is -0.381 e. The molecule has 0 radical (unpaired) electrons. The van der Waals surface area contributed by atoms with Crippen LogP contribution in [0.25, 0.3) is 0 Å². The van der Waals surface area contributed by atoms with E-state index >= 15 is 0 Å². The maximum Gasteiger partial charge on any atom is 0.0485 e. The Morgan fingerprint density at radius 2 is 2.05 bits per heavy atom. The normalized spacial score (nSPS) is 18.3. The van der Waals surface area contributed by atoms with E-state index in [-0.39, 0.29) is 0 Å². The van der Waals surface area contributed by atoms with Crippen LogP contribution in [0.5, 0.6) is 0 Å². The molecule has 1 aliphatic heterocycles. The van der Waals surface area contributed by atoms with Gasteiger partial charge in [-0.25, -0.2) is 0 Å². The average molecular weight is 327 g/mol. The highest BCUT2D eigenvalue weighted by Crippen LogP contribution is 2.29. The first kappa shape index (κ1) is 14.8. The maximum atomic E-state index is 5.43. The van der Waals surface area contributed by atoms with E-state index in [2.05, 4.69) is 58.3 Å². The fourth-order valence-electron chi connectivity index (χ4n) is 2.53. The van der Waals surface area contributed by atoms with Gasteiger partial charge in [0.05, 0.1) is 0 Å². The molecule has 1 unspecified atom stereocenters. The molecule has 1 heterocycles. The van der Waals surface area contributed by atoms with Crippen LogP contribution in [-0.4, -0.2) is 33.4 Å². The fraction of sp³-hybridized carbons (Fsp3) is 0.600. The van der Waals surface area contributed by atoms with Crippen LogP contribution < -0.4 is 10.2 Å². The lowest BCUT2D eigenvalue weighted by atomic mass is 10.0. The zero-order chi connectivity index (χ0) is 13.8. The molecule has 0 aliphatic carbocycles. The van der Waals surface area contributed by atoms with Gasteiger partial charge in [-0.2, -0.15) is 0 Å². The quantitative estimate of drug-likeness (QED) is 0.918. The van der Waals surface area contributed by atoms with Crippen LogP contribution in [0.3, 0.4) is 0 Å². The molecule has 4 heteroatoms. The van der Waals surface area contributed by atoms with Gasteiger partial charge in [0, 0.05) is 42.5 Å². The summed E-state index contributed by atoms with van der Waals surface area (Å²) in [5, 5.41) is 3.27. The van der Waals surface area contributed by atoms with Crippen LogP contribution in [0.2, 0.25) is 0 Å². The minimum atomic E-state index is 0.358. The van der Waals surface area contributed by atoms with E-state index in [1.807, 2.05) is 7.05 Å². The summed E-state index contributed by atoms with van der Waals surface area (Å²) in [5.74, 6) is 0. The zero-order valence-electron chi connectivity index (χ0n) is 11.9. The van der Waals surface area contributed by atoms with Crippen molar-refractivity contribution in [1.29, 1.82) is 0 Å². The third-order valence-electron chi connectivity index (χ3n) is 4.03. The molecule has 0 amide bonds. The van der Waals surface area contributed by atoms with Crippen molar-refractivity contribution >= 4 is 21.6 Å². The van der Waals surface area contributed by atoms with E-state index in [4.69, 9.17) is 4.74 Å². The molecular formula is C15H23BrN2O. The lowest BCUT2D eigenvalue weighted by Crippen LogP contribution is -2.36. The van der Waals surface area contributed by atoms with E-state index in [1.54, 1.807) is 0 Å². The molecule has 2 rings (SSSR count). The van der Waals surface area contributed by atoms with E-state index in [0.717, 1.165) is 26.1 Å². The maximum absolute atomic E-state index is 5.43. The monoisotopic (exact) mass is 326 g/mol. The number of hydrogen-bond acceptors (Lipinski definition) is 3. The number of anilines is 1. The van der Waals surface area contributed by atoms with Gasteiger partial charge in [-0.05, 0) is 44.5 Å². The largest absolute Gasteiger partial charge is 0.381 e. The van der Waals surface area contributed by atoms with Crippen LogP contribution in [-0.2, 0) is 4.74 Å². The lowest BCUT2D eigenvalue weighted by Gasteiger charge is -2.33. The summed E-state index contributed by atoms with van der Waals surface area (Å²) >= 11 is 3.69. The Hall–Kier alpha value is -0.580. The van der Waals surface area contributed by atoms with Crippen molar-refractivity contribution in [3.63, 3.8) is 0 Å². The Bertz CT molecular complexity index is 419. The molecule has 0 saturated carbocycles. The van der Waals surface area contributed by atoms with E-state index in [1.165, 1.54) is 15.7 Å². The first-order valence-electron chi connectivity index (χ1n) is 6.90. The molecule has 1 aliphatic rings. The third kappa shape index (κ3) is 3.50. The Kier molecular flexibility index (Phi) is 5.25. The summed E-state index contributed by atoms with van der Waals surface area (Å²) in [6.07, 6.45) is 2.23. The number of nitrogens with zero attached hydrogens (tertiary/aromatic N) is 1. The zero-order valence-corrected chi connectivity index (χ0v) is 13.5. The SMILES string of the molecule is CNC(C)c1ccc(N(C)C2CCOCC2)cc1Br. The summed E-state index contributed by atoms with van der Waals surface area (Å²) in [7, 11) is 4.16. The molecule has 1 atom stereocenters. The van der Waals surface area contributed by atoms with Crippen molar-refractivity contribution in [1.82, 2.24) is 5.32 Å². The molecule has 0 spiro atoms. The number of nitrogens with one attached hydrogen (secondary N) is 1. The van der Waals surface area contributed by atoms with Gasteiger partial charge in [0.2, 0.25) is 0 Å². The molecule has 19 heavy (non-hydrogen) atoms. The Morgan fingerprint density at radius 1 is 1.37 bits per heavy atom. The topological polar surface area (TPSA) is 24.5 Å². The standard InChI is InChI=1S/C15H23BrN2O/c1-11(17-2)14-5-4-13(10-15(14)16)18(3)12-6-8-19-9-7-12/h4-5,10-12,17H,6-9H2,1-3H3. The van der Waals surface area contributed by atoms with Crippen molar-refractivity contribution in [3.05, 3.63) is 28.2 Å². The predicted octanol–water partition coefficient (Wildman–Crippen LogP) is 3.34. The van der Waals surface area contributed by atoms with Crippen molar-refractivity contribution in [3.8, 4) is 0 Å². The highest BCUT2D eigenvalue weighted by Gasteiger charge is 2.19. The van der Waals surface area contributed by atoms with Gasteiger partial charge in [0.25, 0.3) is 0 Å². The second kappa shape index (κ2) is 6.73. The highest BCUT2D eigenvalue weighted by molar-refractivity contribution is 9.10. The van der Waals surface area contributed by atoms with Gasteiger partial charge < -0.3 is 15.0 Å². The van der Waals surface area contributed by atoms with Gasteiger partial charge in [-0.3, -0.25) is 0 Å². The van der Waals surface area contributed by atoms with Crippen LogP contribution in [0, 0.1) is 0 Å². The summed E-state index contributed by atoms with van der Waals surface area (Å²) < 4.78 is 6.60. The second-order valence-corrected chi connectivity index (χ2v) is 6.02. The smallest absolute Gasteiger partial charge is 0.0485 e. The summed E-state index contributed by atoms with van der Waals surface area (Å²) in [6, 6.07) is 7.59. The lowest BCUT2D eigenvalue weighted by molar-refractivity contribution is 0.0855. The molecule has 1 aromatic carbocycles. The van der Waals surface area contributed by atoms with Crippen molar-refractivity contribution in [2.45, 2.75) is 31.8 Å². The number of ether oxygens (including phenoxy) is 1. The average Bonchev–Trinajstić information content (AvgIpc) is 2.46. The molecule has 1 N–H and O–H groups in total. The van der Waals surface area contributed by atoms with Gasteiger partial charge in [-0.1, -0.05) is 22.0 Å². The van der Waals surface area contributed by atoms with Crippen LogP contribution >= 0.6 is 15.9 Å². The molecule has 1 saturated heterocycles. The summed E-state index contributed by atoms with van der Waals surface area (Å²) in [5.41, 5.74) is 2.57. The van der Waals surface area contributed by atoms with E-state index in [0.29, 0.717) is 12.1 Å². The first-order chi connectivity index (χ1) is 9.13. The molecule has 1 aromatic rings. The van der Waals surface area contributed by atoms with Gasteiger partial charge in [-0.15, -0.1) is 0 Å². The number of halogens is 1. The fourth-order valence-corrected chi connectivity index (χ4v) is 3.24. The molecular weight excluding hydrogens is 304 g/mol. The summed E-state index contributed by atoms with van der Waals surface area (Å²) in [6.45, 7) is 3.93. The van der Waals surface area contributed by atoms with Crippen LogP contribution in [0.1, 0.15) is 31.4 Å². The number of rotatable bonds is 4. The predicted molar refractivity (Wildman–Crippen MR) is 83.9 cm³/mol. The van der Waals surface area contributed by atoms with Gasteiger partial charge in [0.15, 0.2) is 0 Å². The number of benzene rings is 1. The van der Waals surface area contributed by atoms with Crippen LogP contribution in [0.4, 0.5) is 5.69 Å². The van der Waals surface area contributed by atoms with Crippen molar-refractivity contribution < 1.29 is 4.74 Å². The Balaban J connectivity index is 2.14. The Morgan fingerprint density at radius 3 is 2.63 bits per heavy atom. The first-order valence-corrected chi connectivity index (χ1v) is 7.70. The summed E-state index contributed by atoms with van der Waals surface area (Å²) in [4.78, 5) is 2.38.